The van der Waals surface area contributed by atoms with E-state index < -0.39 is 26.8 Å². The van der Waals surface area contributed by atoms with Crippen molar-refractivity contribution < 1.29 is 17.2 Å². The minimum absolute atomic E-state index is 0.0798. The van der Waals surface area contributed by atoms with E-state index in [1.807, 2.05) is 4.72 Å². The SMILES string of the molecule is CC(C)(C)N1C(F)=CSC1(F)NS(=O)(=O)c1ccccc1. The highest BCUT2D eigenvalue weighted by Crippen LogP contribution is 2.45. The van der Waals surface area contributed by atoms with Crippen LogP contribution in [0.25, 0.3) is 0 Å². The van der Waals surface area contributed by atoms with Crippen molar-refractivity contribution in [1.82, 2.24) is 9.62 Å². The predicted molar refractivity (Wildman–Crippen MR) is 79.0 cm³/mol. The Bertz CT molecular complexity index is 656. The molecule has 0 spiro atoms. The summed E-state index contributed by atoms with van der Waals surface area (Å²) in [5, 5.41) is -1.64. The molecule has 2 rings (SSSR count). The number of hydrogen-bond acceptors (Lipinski definition) is 4. The third kappa shape index (κ3) is 3.22. The van der Waals surface area contributed by atoms with Crippen LogP contribution >= 0.6 is 11.8 Å². The summed E-state index contributed by atoms with van der Waals surface area (Å²) in [5.41, 5.74) is -0.932. The van der Waals surface area contributed by atoms with Crippen molar-refractivity contribution in [2.45, 2.75) is 36.5 Å². The first-order valence-electron chi connectivity index (χ1n) is 6.18. The van der Waals surface area contributed by atoms with Gasteiger partial charge < -0.3 is 0 Å². The highest BCUT2D eigenvalue weighted by Gasteiger charge is 2.51. The van der Waals surface area contributed by atoms with Gasteiger partial charge in [0.25, 0.3) is 0 Å². The number of halogens is 2. The third-order valence-electron chi connectivity index (χ3n) is 2.80. The number of nitrogens with zero attached hydrogens (tertiary/aromatic N) is 1. The second-order valence-electron chi connectivity index (χ2n) is 5.54. The zero-order chi connectivity index (χ0) is 15.9. The third-order valence-corrected chi connectivity index (χ3v) is 5.27. The lowest BCUT2D eigenvalue weighted by molar-refractivity contribution is -0.0104. The molecule has 1 aliphatic rings. The molecule has 8 heteroatoms. The van der Waals surface area contributed by atoms with Gasteiger partial charge in [0.05, 0.1) is 4.90 Å². The molecule has 0 aliphatic carbocycles. The lowest BCUT2D eigenvalue weighted by atomic mass is 10.1. The van der Waals surface area contributed by atoms with Crippen LogP contribution in [-0.2, 0) is 10.0 Å². The molecule has 0 radical (unpaired) electrons. The van der Waals surface area contributed by atoms with Crippen LogP contribution in [0.15, 0.2) is 46.6 Å². The summed E-state index contributed by atoms with van der Waals surface area (Å²) in [4.78, 5) is 0.689. The van der Waals surface area contributed by atoms with Crippen molar-refractivity contribution in [2.75, 3.05) is 0 Å². The molecule has 1 unspecified atom stereocenters. The van der Waals surface area contributed by atoms with E-state index in [9.17, 15) is 12.8 Å². The van der Waals surface area contributed by atoms with Crippen LogP contribution in [0.3, 0.4) is 0 Å². The normalized spacial score (nSPS) is 23.3. The Morgan fingerprint density at radius 2 is 1.81 bits per heavy atom. The molecule has 0 saturated heterocycles. The topological polar surface area (TPSA) is 49.4 Å². The van der Waals surface area contributed by atoms with Crippen LogP contribution in [0, 0.1) is 0 Å². The molecular weight excluding hydrogens is 318 g/mol. The van der Waals surface area contributed by atoms with Gasteiger partial charge in [0.15, 0.2) is 0 Å². The van der Waals surface area contributed by atoms with Gasteiger partial charge in [-0.15, -0.1) is 4.72 Å². The van der Waals surface area contributed by atoms with Gasteiger partial charge in [-0.25, -0.2) is 8.42 Å². The fourth-order valence-corrected chi connectivity index (χ4v) is 4.42. The second kappa shape index (κ2) is 5.26. The van der Waals surface area contributed by atoms with Crippen molar-refractivity contribution in [2.24, 2.45) is 0 Å². The van der Waals surface area contributed by atoms with E-state index in [0.29, 0.717) is 11.8 Å². The average molecular weight is 334 g/mol. The van der Waals surface area contributed by atoms with Crippen molar-refractivity contribution in [3.05, 3.63) is 41.7 Å². The second-order valence-corrected chi connectivity index (χ2v) is 8.24. The maximum atomic E-state index is 15.0. The number of alkyl halides is 1. The zero-order valence-corrected chi connectivity index (χ0v) is 13.4. The number of nitrogens with one attached hydrogen (secondary N) is 1. The summed E-state index contributed by atoms with van der Waals surface area (Å²) in [6.07, 6.45) is 0. The number of thioether (sulfide) groups is 1. The highest BCUT2D eigenvalue weighted by atomic mass is 32.2. The minimum atomic E-state index is -4.11. The Morgan fingerprint density at radius 1 is 1.24 bits per heavy atom. The summed E-state index contributed by atoms with van der Waals surface area (Å²) >= 11 is 0.441. The molecule has 0 fully saturated rings. The average Bonchev–Trinajstić information content (AvgIpc) is 2.64. The summed E-state index contributed by atoms with van der Waals surface area (Å²) < 4.78 is 55.3. The monoisotopic (exact) mass is 334 g/mol. The summed E-state index contributed by atoms with van der Waals surface area (Å²) in [7, 11) is -4.11. The van der Waals surface area contributed by atoms with Crippen LogP contribution in [0.5, 0.6) is 0 Å². The van der Waals surface area contributed by atoms with Crippen molar-refractivity contribution in [1.29, 1.82) is 0 Å². The highest BCUT2D eigenvalue weighted by molar-refractivity contribution is 8.04. The quantitative estimate of drug-likeness (QED) is 0.863. The summed E-state index contributed by atoms with van der Waals surface area (Å²) in [5.74, 6) is -0.814. The van der Waals surface area contributed by atoms with Gasteiger partial charge in [-0.05, 0) is 44.7 Å². The van der Waals surface area contributed by atoms with Gasteiger partial charge in [0.1, 0.15) is 0 Å². The summed E-state index contributed by atoms with van der Waals surface area (Å²) in [6, 6.07) is 7.40. The molecule has 1 heterocycles. The van der Waals surface area contributed by atoms with E-state index in [4.69, 9.17) is 0 Å². The molecular formula is C13H16F2N2O2S2. The van der Waals surface area contributed by atoms with Gasteiger partial charge in [-0.1, -0.05) is 18.2 Å². The maximum absolute atomic E-state index is 15.0. The maximum Gasteiger partial charge on any atom is 0.306 e. The Balaban J connectivity index is 2.34. The molecule has 0 saturated carbocycles. The van der Waals surface area contributed by atoms with Crippen molar-refractivity contribution in [3.63, 3.8) is 0 Å². The zero-order valence-electron chi connectivity index (χ0n) is 11.8. The van der Waals surface area contributed by atoms with Crippen LogP contribution < -0.4 is 4.72 Å². The van der Waals surface area contributed by atoms with Crippen LogP contribution in [0.4, 0.5) is 8.78 Å². The Hall–Kier alpha value is -1.12. The molecule has 1 aromatic carbocycles. The van der Waals surface area contributed by atoms with Crippen molar-refractivity contribution >= 4 is 21.8 Å². The van der Waals surface area contributed by atoms with Crippen LogP contribution in [0.1, 0.15) is 20.8 Å². The number of rotatable bonds is 3. The Kier molecular flexibility index (Phi) is 4.07. The molecule has 1 atom stereocenters. The molecule has 1 aliphatic heterocycles. The molecule has 116 valence electrons. The fourth-order valence-electron chi connectivity index (χ4n) is 2.02. The predicted octanol–water partition coefficient (Wildman–Crippen LogP) is 3.16. The smallest absolute Gasteiger partial charge is 0.288 e. The lowest BCUT2D eigenvalue weighted by Crippen LogP contribution is -2.58. The first kappa shape index (κ1) is 16.3. The molecule has 0 amide bonds. The first-order valence-corrected chi connectivity index (χ1v) is 8.54. The van der Waals surface area contributed by atoms with Gasteiger partial charge in [-0.3, -0.25) is 4.90 Å². The fraction of sp³-hybridized carbons (Fsp3) is 0.385. The largest absolute Gasteiger partial charge is 0.306 e. The van der Waals surface area contributed by atoms with Gasteiger partial charge >= 0.3 is 5.25 Å². The number of sulfonamides is 1. The minimum Gasteiger partial charge on any atom is -0.288 e. The molecule has 1 aromatic rings. The first-order chi connectivity index (χ1) is 9.56. The molecule has 4 nitrogen and oxygen atoms in total. The van der Waals surface area contributed by atoms with Crippen LogP contribution in [0.2, 0.25) is 0 Å². The Morgan fingerprint density at radius 3 is 2.33 bits per heavy atom. The van der Waals surface area contributed by atoms with E-state index in [2.05, 4.69) is 0 Å². The van der Waals surface area contributed by atoms with Crippen molar-refractivity contribution in [3.8, 4) is 0 Å². The van der Waals surface area contributed by atoms with E-state index in [1.165, 1.54) is 24.3 Å². The van der Waals surface area contributed by atoms with E-state index >= 15 is 4.39 Å². The molecule has 1 N–H and O–H groups in total. The number of benzene rings is 1. The van der Waals surface area contributed by atoms with Gasteiger partial charge in [0.2, 0.25) is 16.0 Å². The molecule has 0 aromatic heterocycles. The standard InChI is InChI=1S/C13H16F2N2O2S2/c1-12(2,3)17-11(14)9-20-13(17,15)16-21(18,19)10-7-5-4-6-8-10/h4-9,16H,1-3H3. The Labute approximate surface area is 127 Å². The van der Waals surface area contributed by atoms with Gasteiger partial charge in [0, 0.05) is 10.9 Å². The lowest BCUT2D eigenvalue weighted by Gasteiger charge is -2.41. The van der Waals surface area contributed by atoms with E-state index in [1.54, 1.807) is 26.8 Å². The van der Waals surface area contributed by atoms with E-state index in [-0.39, 0.29) is 4.90 Å². The molecule has 21 heavy (non-hydrogen) atoms. The van der Waals surface area contributed by atoms with Crippen LogP contribution in [-0.4, -0.2) is 24.1 Å². The number of hydrogen-bond donors (Lipinski definition) is 1. The van der Waals surface area contributed by atoms with Gasteiger partial charge in [-0.2, -0.15) is 8.78 Å². The van der Waals surface area contributed by atoms with E-state index in [0.717, 1.165) is 10.3 Å². The molecule has 0 bridgehead atoms. The summed E-state index contributed by atoms with van der Waals surface area (Å²) in [6.45, 7) is 4.78.